The number of aromatic amines is 1. The first kappa shape index (κ1) is 13.3. The van der Waals surface area contributed by atoms with Gasteiger partial charge in [-0.1, -0.05) is 0 Å². The number of rotatable bonds is 4. The van der Waals surface area contributed by atoms with E-state index in [2.05, 4.69) is 4.98 Å². The molecule has 0 spiro atoms. The molecule has 94 valence electrons. The molecule has 0 bridgehead atoms. The van der Waals surface area contributed by atoms with E-state index >= 15 is 0 Å². The first-order valence-corrected chi connectivity index (χ1v) is 4.91. The molecule has 1 amide bonds. The summed E-state index contributed by atoms with van der Waals surface area (Å²) in [5.41, 5.74) is 4.67. The Kier molecular flexibility index (Phi) is 3.95. The van der Waals surface area contributed by atoms with Crippen LogP contribution in [0.15, 0.2) is 17.1 Å². The monoisotopic (exact) mass is 245 g/mol. The van der Waals surface area contributed by atoms with E-state index in [9.17, 15) is 18.4 Å². The molecular weight excluding hydrogens is 232 g/mol. The van der Waals surface area contributed by atoms with E-state index in [-0.39, 0.29) is 5.56 Å². The van der Waals surface area contributed by atoms with Crippen LogP contribution in [0.1, 0.15) is 16.1 Å². The summed E-state index contributed by atoms with van der Waals surface area (Å²) in [6, 6.07) is 1.22. The normalized spacial score (nSPS) is 11.3. The standard InChI is InChI=1S/C10H13F2N3O2/c1-6-2-8(16)7(3-14-6)9(17)15-5-10(11,12)4-13/h2-3H,4-5,13H2,1H3,(H,14,16)(H,15,17). The van der Waals surface area contributed by atoms with Crippen LogP contribution in [0, 0.1) is 6.92 Å². The Morgan fingerprint density at radius 3 is 2.76 bits per heavy atom. The van der Waals surface area contributed by atoms with Gasteiger partial charge in [0.2, 0.25) is 0 Å². The highest BCUT2D eigenvalue weighted by Gasteiger charge is 2.27. The fraction of sp³-hybridized carbons (Fsp3) is 0.400. The van der Waals surface area contributed by atoms with Crippen molar-refractivity contribution in [2.45, 2.75) is 12.8 Å². The van der Waals surface area contributed by atoms with Crippen LogP contribution in [0.3, 0.4) is 0 Å². The smallest absolute Gasteiger partial charge is 0.277 e. The number of nitrogens with two attached hydrogens (primary N) is 1. The van der Waals surface area contributed by atoms with Gasteiger partial charge in [-0.2, -0.15) is 0 Å². The van der Waals surface area contributed by atoms with Gasteiger partial charge in [-0.15, -0.1) is 0 Å². The van der Waals surface area contributed by atoms with Crippen LogP contribution in [0.2, 0.25) is 0 Å². The van der Waals surface area contributed by atoms with E-state index in [1.54, 1.807) is 6.92 Å². The minimum absolute atomic E-state index is 0.205. The molecule has 0 saturated carbocycles. The molecule has 0 fully saturated rings. The van der Waals surface area contributed by atoms with Crippen LogP contribution in [-0.4, -0.2) is 29.9 Å². The predicted molar refractivity (Wildman–Crippen MR) is 58.1 cm³/mol. The lowest BCUT2D eigenvalue weighted by molar-refractivity contribution is 0.0118. The molecule has 4 N–H and O–H groups in total. The average Bonchev–Trinajstić information content (AvgIpc) is 2.26. The zero-order chi connectivity index (χ0) is 13.1. The van der Waals surface area contributed by atoms with Gasteiger partial charge in [0.15, 0.2) is 5.43 Å². The quantitative estimate of drug-likeness (QED) is 0.698. The second kappa shape index (κ2) is 5.05. The first-order valence-electron chi connectivity index (χ1n) is 4.91. The Bertz CT molecular complexity index is 471. The fourth-order valence-corrected chi connectivity index (χ4v) is 1.13. The SMILES string of the molecule is Cc1cc(=O)c(C(=O)NCC(F)(F)CN)c[nH]1. The number of alkyl halides is 2. The molecule has 1 aromatic rings. The highest BCUT2D eigenvalue weighted by Crippen LogP contribution is 2.08. The Balaban J connectivity index is 2.74. The van der Waals surface area contributed by atoms with E-state index in [0.717, 1.165) is 0 Å². The van der Waals surface area contributed by atoms with Gasteiger partial charge >= 0.3 is 0 Å². The van der Waals surface area contributed by atoms with Crippen LogP contribution in [0.5, 0.6) is 0 Å². The summed E-state index contributed by atoms with van der Waals surface area (Å²) in [6.45, 7) is -0.112. The average molecular weight is 245 g/mol. The minimum Gasteiger partial charge on any atom is -0.364 e. The van der Waals surface area contributed by atoms with Crippen LogP contribution in [0.25, 0.3) is 0 Å². The van der Waals surface area contributed by atoms with E-state index in [4.69, 9.17) is 5.73 Å². The number of pyridine rings is 1. The summed E-state index contributed by atoms with van der Waals surface area (Å²) in [4.78, 5) is 25.5. The van der Waals surface area contributed by atoms with Crippen LogP contribution in [0.4, 0.5) is 8.78 Å². The number of aromatic nitrogens is 1. The van der Waals surface area contributed by atoms with Gasteiger partial charge in [0.25, 0.3) is 11.8 Å². The lowest BCUT2D eigenvalue weighted by Gasteiger charge is -2.14. The van der Waals surface area contributed by atoms with Crippen molar-refractivity contribution in [3.8, 4) is 0 Å². The Morgan fingerprint density at radius 1 is 1.59 bits per heavy atom. The fourth-order valence-electron chi connectivity index (χ4n) is 1.13. The van der Waals surface area contributed by atoms with Crippen molar-refractivity contribution in [2.24, 2.45) is 5.73 Å². The molecule has 0 radical (unpaired) electrons. The number of halogens is 2. The number of amides is 1. The number of carbonyl (C=O) groups is 1. The van der Waals surface area contributed by atoms with E-state index in [1.807, 2.05) is 5.32 Å². The molecule has 5 nitrogen and oxygen atoms in total. The second-order valence-electron chi connectivity index (χ2n) is 3.64. The molecule has 0 unspecified atom stereocenters. The second-order valence-corrected chi connectivity index (χ2v) is 3.64. The Labute approximate surface area is 96.0 Å². The summed E-state index contributed by atoms with van der Waals surface area (Å²) in [7, 11) is 0. The molecule has 1 rings (SSSR count). The van der Waals surface area contributed by atoms with Crippen molar-refractivity contribution < 1.29 is 13.6 Å². The first-order chi connectivity index (χ1) is 7.85. The Morgan fingerprint density at radius 2 is 2.24 bits per heavy atom. The van der Waals surface area contributed by atoms with Gasteiger partial charge in [0.05, 0.1) is 13.1 Å². The number of hydrogen-bond donors (Lipinski definition) is 3. The van der Waals surface area contributed by atoms with Crippen molar-refractivity contribution in [3.63, 3.8) is 0 Å². The van der Waals surface area contributed by atoms with Gasteiger partial charge in [-0.25, -0.2) is 8.78 Å². The lowest BCUT2D eigenvalue weighted by Crippen LogP contribution is -2.42. The zero-order valence-electron chi connectivity index (χ0n) is 9.22. The van der Waals surface area contributed by atoms with E-state index < -0.39 is 30.3 Å². The highest BCUT2D eigenvalue weighted by atomic mass is 19.3. The summed E-state index contributed by atoms with van der Waals surface area (Å²) < 4.78 is 25.5. The number of H-pyrrole nitrogens is 1. The minimum atomic E-state index is -3.17. The molecular formula is C10H13F2N3O2. The molecule has 0 aliphatic rings. The maximum Gasteiger partial charge on any atom is 0.277 e. The third-order valence-electron chi connectivity index (χ3n) is 2.11. The summed E-state index contributed by atoms with van der Waals surface area (Å²) >= 11 is 0. The molecule has 0 aromatic carbocycles. The number of hydrogen-bond acceptors (Lipinski definition) is 3. The van der Waals surface area contributed by atoms with Crippen LogP contribution >= 0.6 is 0 Å². The summed E-state index contributed by atoms with van der Waals surface area (Å²) in [5, 5.41) is 1.96. The molecule has 7 heteroatoms. The lowest BCUT2D eigenvalue weighted by atomic mass is 10.2. The maximum absolute atomic E-state index is 12.8. The van der Waals surface area contributed by atoms with Crippen molar-refractivity contribution in [3.05, 3.63) is 33.7 Å². The molecule has 1 heterocycles. The number of carbonyl (C=O) groups excluding carboxylic acids is 1. The number of aryl methyl sites for hydroxylation is 1. The highest BCUT2D eigenvalue weighted by molar-refractivity contribution is 5.93. The third-order valence-corrected chi connectivity index (χ3v) is 2.11. The zero-order valence-corrected chi connectivity index (χ0v) is 9.22. The largest absolute Gasteiger partial charge is 0.364 e. The summed E-state index contributed by atoms with van der Waals surface area (Å²) in [6.07, 6.45) is 1.19. The molecule has 0 atom stereocenters. The molecule has 1 aromatic heterocycles. The van der Waals surface area contributed by atoms with Gasteiger partial charge < -0.3 is 16.0 Å². The van der Waals surface area contributed by atoms with Gasteiger partial charge in [-0.3, -0.25) is 9.59 Å². The van der Waals surface area contributed by atoms with Crippen molar-refractivity contribution in [1.82, 2.24) is 10.3 Å². The van der Waals surface area contributed by atoms with Crippen molar-refractivity contribution in [1.29, 1.82) is 0 Å². The number of nitrogens with one attached hydrogen (secondary N) is 2. The molecule has 17 heavy (non-hydrogen) atoms. The van der Waals surface area contributed by atoms with E-state index in [0.29, 0.717) is 5.69 Å². The van der Waals surface area contributed by atoms with Crippen molar-refractivity contribution in [2.75, 3.05) is 13.1 Å². The molecule has 0 saturated heterocycles. The topological polar surface area (TPSA) is 88.0 Å². The predicted octanol–water partition coefficient (Wildman–Crippen LogP) is 0.00712. The van der Waals surface area contributed by atoms with Crippen LogP contribution in [-0.2, 0) is 0 Å². The van der Waals surface area contributed by atoms with E-state index in [1.165, 1.54) is 12.3 Å². The van der Waals surface area contributed by atoms with Gasteiger partial charge in [0, 0.05) is 18.0 Å². The van der Waals surface area contributed by atoms with Gasteiger partial charge in [-0.05, 0) is 6.92 Å². The van der Waals surface area contributed by atoms with Gasteiger partial charge in [0.1, 0.15) is 5.56 Å². The maximum atomic E-state index is 12.8. The molecule has 0 aliphatic heterocycles. The van der Waals surface area contributed by atoms with Crippen molar-refractivity contribution >= 4 is 5.91 Å². The van der Waals surface area contributed by atoms with Crippen LogP contribution < -0.4 is 16.5 Å². The third kappa shape index (κ3) is 3.63. The Hall–Kier alpha value is -1.76. The molecule has 0 aliphatic carbocycles. The summed E-state index contributed by atoms with van der Waals surface area (Å²) in [5.74, 6) is -4.02.